The highest BCUT2D eigenvalue weighted by Gasteiger charge is 2.61. The molecule has 1 saturated carbocycles. The van der Waals surface area contributed by atoms with Crippen molar-refractivity contribution >= 4 is 28.8 Å². The van der Waals surface area contributed by atoms with Gasteiger partial charge in [-0.15, -0.1) is 0 Å². The zero-order valence-corrected chi connectivity index (χ0v) is 17.9. The van der Waals surface area contributed by atoms with E-state index in [0.717, 1.165) is 11.3 Å². The lowest BCUT2D eigenvalue weighted by Gasteiger charge is -2.40. The summed E-state index contributed by atoms with van der Waals surface area (Å²) in [7, 11) is 1.39. The number of amides is 1. The summed E-state index contributed by atoms with van der Waals surface area (Å²) in [5, 5.41) is 4.40. The number of methoxy groups -OCH3 is 1. The molecular weight excluding hydrogens is 455 g/mol. The Balaban J connectivity index is 1.81. The predicted molar refractivity (Wildman–Crippen MR) is 107 cm³/mol. The second-order valence-corrected chi connectivity index (χ2v) is 8.51. The van der Waals surface area contributed by atoms with Crippen LogP contribution in [0, 0.1) is 0 Å². The van der Waals surface area contributed by atoms with Crippen LogP contribution in [0.15, 0.2) is 46.0 Å². The maximum atomic E-state index is 13.8. The van der Waals surface area contributed by atoms with Crippen molar-refractivity contribution in [3.05, 3.63) is 62.8 Å². The summed E-state index contributed by atoms with van der Waals surface area (Å²) >= 11 is 6.75. The largest absolute Gasteiger partial charge is 0.496 e. The molecule has 1 aliphatic rings. The van der Waals surface area contributed by atoms with E-state index in [-0.39, 0.29) is 40.5 Å². The highest BCUT2D eigenvalue weighted by atomic mass is 35.5. The van der Waals surface area contributed by atoms with Crippen LogP contribution in [0.25, 0.3) is 0 Å². The van der Waals surface area contributed by atoms with Crippen LogP contribution in [0.4, 0.5) is 13.2 Å². The molecule has 0 saturated heterocycles. The van der Waals surface area contributed by atoms with E-state index in [1.165, 1.54) is 30.2 Å². The molecule has 1 aliphatic carbocycles. The number of halogens is 4. The summed E-state index contributed by atoms with van der Waals surface area (Å²) in [5.41, 5.74) is -1.91. The van der Waals surface area contributed by atoms with Crippen molar-refractivity contribution in [2.45, 2.75) is 37.4 Å². The molecule has 1 aromatic carbocycles. The third kappa shape index (κ3) is 4.01. The predicted octanol–water partition coefficient (Wildman–Crippen LogP) is 4.97. The molecule has 0 spiro atoms. The Hall–Kier alpha value is -2.59. The molecule has 3 aromatic rings. The van der Waals surface area contributed by atoms with E-state index in [9.17, 15) is 18.0 Å². The van der Waals surface area contributed by atoms with Gasteiger partial charge in [0.1, 0.15) is 28.5 Å². The summed E-state index contributed by atoms with van der Waals surface area (Å²) in [6.07, 6.45) is -2.61. The summed E-state index contributed by atoms with van der Waals surface area (Å²) in [6.45, 7) is 0.0379. The van der Waals surface area contributed by atoms with E-state index in [2.05, 4.69) is 10.1 Å². The van der Waals surface area contributed by atoms with Gasteiger partial charge in [-0.05, 0) is 43.2 Å². The van der Waals surface area contributed by atoms with Crippen molar-refractivity contribution in [1.29, 1.82) is 0 Å². The molecule has 0 radical (unpaired) electrons. The van der Waals surface area contributed by atoms with Gasteiger partial charge < -0.3 is 9.15 Å². The SMILES string of the molecule is COc1ccc(Cl)cc1C(=O)N=c1sc(C2(C(F)(F)F)CCC2)nn1Cc1ccco1. The van der Waals surface area contributed by atoms with Gasteiger partial charge in [0, 0.05) is 5.02 Å². The lowest BCUT2D eigenvalue weighted by Crippen LogP contribution is -2.48. The molecule has 0 bridgehead atoms. The van der Waals surface area contributed by atoms with Crippen LogP contribution in [0.5, 0.6) is 5.75 Å². The number of aromatic nitrogens is 2. The van der Waals surface area contributed by atoms with E-state index >= 15 is 0 Å². The van der Waals surface area contributed by atoms with Gasteiger partial charge in [0.25, 0.3) is 5.91 Å². The van der Waals surface area contributed by atoms with Gasteiger partial charge in [0.05, 0.1) is 18.9 Å². The lowest BCUT2D eigenvalue weighted by molar-refractivity contribution is -0.213. The first-order valence-electron chi connectivity index (χ1n) is 9.34. The maximum absolute atomic E-state index is 13.8. The van der Waals surface area contributed by atoms with E-state index in [0.29, 0.717) is 17.2 Å². The first-order chi connectivity index (χ1) is 14.7. The summed E-state index contributed by atoms with van der Waals surface area (Å²) in [5.74, 6) is 0.0318. The molecule has 4 rings (SSSR count). The molecule has 2 heterocycles. The normalized spacial score (nSPS) is 16.2. The fraction of sp³-hybridized carbons (Fsp3) is 0.350. The smallest absolute Gasteiger partial charge is 0.400 e. The number of carbonyl (C=O) groups is 1. The quantitative estimate of drug-likeness (QED) is 0.526. The van der Waals surface area contributed by atoms with Gasteiger partial charge in [0.2, 0.25) is 4.80 Å². The van der Waals surface area contributed by atoms with E-state index in [1.54, 1.807) is 18.2 Å². The van der Waals surface area contributed by atoms with Crippen molar-refractivity contribution in [1.82, 2.24) is 9.78 Å². The Bertz CT molecular complexity index is 1160. The van der Waals surface area contributed by atoms with Crippen LogP contribution in [0.2, 0.25) is 5.02 Å². The van der Waals surface area contributed by atoms with E-state index in [1.807, 2.05) is 0 Å². The van der Waals surface area contributed by atoms with Gasteiger partial charge >= 0.3 is 6.18 Å². The topological polar surface area (TPSA) is 69.6 Å². The maximum Gasteiger partial charge on any atom is 0.400 e. The Morgan fingerprint density at radius 2 is 2.16 bits per heavy atom. The molecule has 0 unspecified atom stereocenters. The molecule has 31 heavy (non-hydrogen) atoms. The van der Waals surface area contributed by atoms with Crippen molar-refractivity contribution in [2.24, 2.45) is 4.99 Å². The van der Waals surface area contributed by atoms with Gasteiger partial charge in [-0.25, -0.2) is 4.68 Å². The molecule has 1 fully saturated rings. The number of hydrogen-bond acceptors (Lipinski definition) is 5. The molecule has 0 N–H and O–H groups in total. The molecule has 1 amide bonds. The first kappa shape index (κ1) is 21.6. The molecule has 6 nitrogen and oxygen atoms in total. The Labute approximate surface area is 183 Å². The number of ether oxygens (including phenoxy) is 1. The fourth-order valence-corrected chi connectivity index (χ4v) is 4.72. The van der Waals surface area contributed by atoms with Gasteiger partial charge in [-0.2, -0.15) is 23.3 Å². The lowest BCUT2D eigenvalue weighted by atomic mass is 9.68. The van der Waals surface area contributed by atoms with Crippen LogP contribution in [-0.2, 0) is 12.0 Å². The highest BCUT2D eigenvalue weighted by molar-refractivity contribution is 7.09. The van der Waals surface area contributed by atoms with Crippen LogP contribution < -0.4 is 9.54 Å². The summed E-state index contributed by atoms with van der Waals surface area (Å²) < 4.78 is 53.3. The second-order valence-electron chi connectivity index (χ2n) is 7.12. The number of benzene rings is 1. The minimum atomic E-state index is -4.44. The number of furan rings is 1. The number of nitrogens with zero attached hydrogens (tertiary/aromatic N) is 3. The minimum absolute atomic E-state index is 0.0361. The summed E-state index contributed by atoms with van der Waals surface area (Å²) in [4.78, 5) is 17.0. The Kier molecular flexibility index (Phi) is 5.69. The molecule has 2 aromatic heterocycles. The summed E-state index contributed by atoms with van der Waals surface area (Å²) in [6, 6.07) is 7.80. The standard InChI is InChI=1S/C20H17ClF3N3O3S/c1-29-15-6-5-12(21)10-14(15)16(28)25-18-27(11-13-4-2-9-30-13)26-17(31-18)19(7-3-8-19)20(22,23)24/h2,4-6,9-10H,3,7-8,11H2,1H3. The number of hydrogen-bond donors (Lipinski definition) is 0. The van der Waals surface area contributed by atoms with Crippen LogP contribution >= 0.6 is 22.9 Å². The van der Waals surface area contributed by atoms with Gasteiger partial charge in [-0.3, -0.25) is 4.79 Å². The van der Waals surface area contributed by atoms with Crippen molar-refractivity contribution in [3.8, 4) is 5.75 Å². The number of alkyl halides is 3. The molecule has 164 valence electrons. The van der Waals surface area contributed by atoms with E-state index in [4.69, 9.17) is 20.8 Å². The molecule has 11 heteroatoms. The number of rotatable bonds is 5. The van der Waals surface area contributed by atoms with Crippen molar-refractivity contribution in [3.63, 3.8) is 0 Å². The van der Waals surface area contributed by atoms with E-state index < -0.39 is 17.5 Å². The fourth-order valence-electron chi connectivity index (χ4n) is 3.38. The average Bonchev–Trinajstić information content (AvgIpc) is 3.30. The van der Waals surface area contributed by atoms with Gasteiger partial charge in [-0.1, -0.05) is 29.4 Å². The van der Waals surface area contributed by atoms with Gasteiger partial charge in [0.15, 0.2) is 0 Å². The first-order valence-corrected chi connectivity index (χ1v) is 10.5. The minimum Gasteiger partial charge on any atom is -0.496 e. The van der Waals surface area contributed by atoms with Crippen LogP contribution in [-0.4, -0.2) is 29.0 Å². The van der Waals surface area contributed by atoms with Crippen molar-refractivity contribution < 1.29 is 27.1 Å². The van der Waals surface area contributed by atoms with Crippen LogP contribution in [0.1, 0.15) is 40.4 Å². The monoisotopic (exact) mass is 471 g/mol. The second kappa shape index (κ2) is 8.16. The third-order valence-corrected chi connectivity index (χ3v) is 6.64. The highest BCUT2D eigenvalue weighted by Crippen LogP contribution is 2.54. The van der Waals surface area contributed by atoms with Crippen molar-refractivity contribution in [2.75, 3.05) is 7.11 Å². The molecular formula is C20H17ClF3N3O3S. The average molecular weight is 472 g/mol. The molecule has 0 atom stereocenters. The number of carbonyl (C=O) groups excluding carboxylic acids is 1. The zero-order chi connectivity index (χ0) is 22.2. The van der Waals surface area contributed by atoms with Crippen LogP contribution in [0.3, 0.4) is 0 Å². The molecule has 0 aliphatic heterocycles. The third-order valence-electron chi connectivity index (χ3n) is 5.25. The Morgan fingerprint density at radius 1 is 1.39 bits per heavy atom. The Morgan fingerprint density at radius 3 is 2.74 bits per heavy atom. The zero-order valence-electron chi connectivity index (χ0n) is 16.3.